The Morgan fingerprint density at radius 2 is 0.578 bits per heavy atom. The molecule has 0 aromatic heterocycles. The summed E-state index contributed by atoms with van der Waals surface area (Å²) in [5.41, 5.74) is 0. The van der Waals surface area contributed by atoms with Crippen molar-refractivity contribution in [1.29, 1.82) is 0 Å². The van der Waals surface area contributed by atoms with E-state index in [0.717, 1.165) is 77.0 Å². The maximum atomic E-state index is 12.8. The Bertz CT molecular complexity index is 1170. The van der Waals surface area contributed by atoms with Gasteiger partial charge in [0, 0.05) is 19.3 Å². The van der Waals surface area contributed by atoms with E-state index in [1.807, 2.05) is 0 Å². The zero-order valence-electron chi connectivity index (χ0n) is 42.3. The monoisotopic (exact) mass is 895 g/mol. The quantitative estimate of drug-likeness (QED) is 0.0262. The second-order valence-corrected chi connectivity index (χ2v) is 18.1. The number of carbonyl (C=O) groups is 3. The fraction of sp³-hybridized carbons (Fsp3) is 0.776. The van der Waals surface area contributed by atoms with Gasteiger partial charge >= 0.3 is 17.9 Å². The first kappa shape index (κ1) is 61.1. The minimum Gasteiger partial charge on any atom is -0.462 e. The molecule has 6 heteroatoms. The molecule has 64 heavy (non-hydrogen) atoms. The standard InChI is InChI=1S/C58H102O6/c1-4-7-10-13-16-19-22-25-28-29-31-33-36-39-42-45-48-51-57(60)63-54-55(53-62-56(59)50-47-44-41-38-35-32-27-24-21-18-15-12-9-6-3)64-58(61)52-49-46-43-40-37-34-30-26-23-20-17-14-11-8-5-2/h16,19,25,28,31-33,35,39,42,55H,4-15,17-18,20-24,26-27,29-30,34,36-38,40-41,43-54H2,1-3H3/b19-16-,28-25-,33-31-,35-32-,42-39-. The van der Waals surface area contributed by atoms with Crippen molar-refractivity contribution in [2.24, 2.45) is 0 Å². The van der Waals surface area contributed by atoms with Crippen LogP contribution >= 0.6 is 0 Å². The van der Waals surface area contributed by atoms with Crippen LogP contribution in [0.3, 0.4) is 0 Å². The Balaban J connectivity index is 4.47. The van der Waals surface area contributed by atoms with Crippen LogP contribution in [0.1, 0.15) is 271 Å². The van der Waals surface area contributed by atoms with E-state index in [0.29, 0.717) is 19.3 Å². The van der Waals surface area contributed by atoms with Crippen LogP contribution < -0.4 is 0 Å². The molecule has 0 bridgehead atoms. The van der Waals surface area contributed by atoms with E-state index in [1.54, 1.807) is 0 Å². The van der Waals surface area contributed by atoms with Gasteiger partial charge < -0.3 is 14.2 Å². The Morgan fingerprint density at radius 1 is 0.312 bits per heavy atom. The zero-order chi connectivity index (χ0) is 46.5. The summed E-state index contributed by atoms with van der Waals surface area (Å²) in [6, 6.07) is 0. The summed E-state index contributed by atoms with van der Waals surface area (Å²) in [5.74, 6) is -0.960. The van der Waals surface area contributed by atoms with Crippen LogP contribution in [0.25, 0.3) is 0 Å². The van der Waals surface area contributed by atoms with Crippen molar-refractivity contribution in [3.8, 4) is 0 Å². The Kier molecular flexibility index (Phi) is 50.4. The minimum absolute atomic E-state index is 0.0970. The fourth-order valence-electron chi connectivity index (χ4n) is 7.61. The second kappa shape index (κ2) is 52.7. The van der Waals surface area contributed by atoms with Crippen molar-refractivity contribution in [3.63, 3.8) is 0 Å². The molecule has 0 saturated heterocycles. The first-order valence-corrected chi connectivity index (χ1v) is 27.3. The van der Waals surface area contributed by atoms with Gasteiger partial charge in [0.15, 0.2) is 6.10 Å². The number of rotatable bonds is 49. The molecule has 0 aliphatic carbocycles. The number of carbonyl (C=O) groups excluding carboxylic acids is 3. The van der Waals surface area contributed by atoms with Crippen LogP contribution in [0.5, 0.6) is 0 Å². The van der Waals surface area contributed by atoms with E-state index >= 15 is 0 Å². The van der Waals surface area contributed by atoms with Gasteiger partial charge in [0.05, 0.1) is 0 Å². The smallest absolute Gasteiger partial charge is 0.306 e. The number of ether oxygens (including phenoxy) is 3. The van der Waals surface area contributed by atoms with Crippen molar-refractivity contribution in [1.82, 2.24) is 0 Å². The largest absolute Gasteiger partial charge is 0.462 e. The molecule has 0 aliphatic heterocycles. The van der Waals surface area contributed by atoms with Crippen LogP contribution in [0.4, 0.5) is 0 Å². The first-order chi connectivity index (χ1) is 31.5. The number of allylic oxidation sites excluding steroid dienone is 10. The summed E-state index contributed by atoms with van der Waals surface area (Å²) in [6.45, 7) is 6.56. The zero-order valence-corrected chi connectivity index (χ0v) is 42.3. The van der Waals surface area contributed by atoms with Gasteiger partial charge in [-0.1, -0.05) is 229 Å². The molecule has 1 atom stereocenters. The van der Waals surface area contributed by atoms with E-state index in [2.05, 4.69) is 81.5 Å². The highest BCUT2D eigenvalue weighted by molar-refractivity contribution is 5.71. The molecule has 0 spiro atoms. The van der Waals surface area contributed by atoms with Crippen molar-refractivity contribution >= 4 is 17.9 Å². The fourth-order valence-corrected chi connectivity index (χ4v) is 7.61. The third-order valence-electron chi connectivity index (χ3n) is 11.7. The Morgan fingerprint density at radius 3 is 1.00 bits per heavy atom. The number of hydrogen-bond acceptors (Lipinski definition) is 6. The van der Waals surface area contributed by atoms with Gasteiger partial charge in [0.1, 0.15) is 13.2 Å². The van der Waals surface area contributed by atoms with Gasteiger partial charge in [-0.2, -0.15) is 0 Å². The average Bonchev–Trinajstić information content (AvgIpc) is 3.29. The molecule has 0 amide bonds. The second-order valence-electron chi connectivity index (χ2n) is 18.1. The van der Waals surface area contributed by atoms with Crippen molar-refractivity contribution in [2.75, 3.05) is 13.2 Å². The summed E-state index contributed by atoms with van der Waals surface area (Å²) < 4.78 is 16.8. The summed E-state index contributed by atoms with van der Waals surface area (Å²) in [4.78, 5) is 38.0. The highest BCUT2D eigenvalue weighted by Crippen LogP contribution is 2.15. The van der Waals surface area contributed by atoms with E-state index in [1.165, 1.54) is 148 Å². The summed E-state index contributed by atoms with van der Waals surface area (Å²) in [6.07, 6.45) is 64.9. The lowest BCUT2D eigenvalue weighted by atomic mass is 10.0. The lowest BCUT2D eigenvalue weighted by Gasteiger charge is -2.18. The molecule has 1 unspecified atom stereocenters. The molecule has 0 saturated carbocycles. The van der Waals surface area contributed by atoms with Crippen molar-refractivity contribution < 1.29 is 28.6 Å². The van der Waals surface area contributed by atoms with Gasteiger partial charge in [-0.25, -0.2) is 0 Å². The normalized spacial score (nSPS) is 12.5. The van der Waals surface area contributed by atoms with Crippen LogP contribution in [0.15, 0.2) is 60.8 Å². The first-order valence-electron chi connectivity index (χ1n) is 27.3. The Hall–Kier alpha value is -2.89. The lowest BCUT2D eigenvalue weighted by Crippen LogP contribution is -2.30. The van der Waals surface area contributed by atoms with Gasteiger partial charge in [0.25, 0.3) is 0 Å². The lowest BCUT2D eigenvalue weighted by molar-refractivity contribution is -0.167. The summed E-state index contributed by atoms with van der Waals surface area (Å²) in [5, 5.41) is 0. The predicted octanol–water partition coefficient (Wildman–Crippen LogP) is 18.0. The third-order valence-corrected chi connectivity index (χ3v) is 11.7. The van der Waals surface area contributed by atoms with Gasteiger partial charge in [-0.05, 0) is 83.5 Å². The third kappa shape index (κ3) is 50.1. The van der Waals surface area contributed by atoms with Gasteiger partial charge in [0.2, 0.25) is 0 Å². The molecule has 0 aromatic rings. The average molecular weight is 895 g/mol. The molecule has 0 aliphatic rings. The topological polar surface area (TPSA) is 78.9 Å². The van der Waals surface area contributed by atoms with Crippen LogP contribution in [0.2, 0.25) is 0 Å². The summed E-state index contributed by atoms with van der Waals surface area (Å²) >= 11 is 0. The SMILES string of the molecule is CCCCC/C=C\C/C=C\C/C=C\C/C=C\CCCC(=O)OCC(COC(=O)CCCCC/C=C\CCCCCCCCC)OC(=O)CCCCCCCCCCCCCCCCC. The van der Waals surface area contributed by atoms with Crippen LogP contribution in [-0.2, 0) is 28.6 Å². The van der Waals surface area contributed by atoms with Crippen LogP contribution in [0, 0.1) is 0 Å². The highest BCUT2D eigenvalue weighted by atomic mass is 16.6. The molecule has 0 rings (SSSR count). The molecule has 0 heterocycles. The van der Waals surface area contributed by atoms with E-state index in [-0.39, 0.29) is 37.5 Å². The van der Waals surface area contributed by atoms with Crippen molar-refractivity contribution in [2.45, 2.75) is 277 Å². The molecule has 0 fully saturated rings. The molecular weight excluding hydrogens is 793 g/mol. The van der Waals surface area contributed by atoms with E-state index in [4.69, 9.17) is 14.2 Å². The maximum absolute atomic E-state index is 12.8. The van der Waals surface area contributed by atoms with E-state index in [9.17, 15) is 14.4 Å². The molecule has 0 aromatic carbocycles. The van der Waals surface area contributed by atoms with Gasteiger partial charge in [-0.15, -0.1) is 0 Å². The molecule has 370 valence electrons. The summed E-state index contributed by atoms with van der Waals surface area (Å²) in [7, 11) is 0. The molecular formula is C58H102O6. The predicted molar refractivity (Wildman–Crippen MR) is 275 cm³/mol. The molecule has 0 N–H and O–H groups in total. The van der Waals surface area contributed by atoms with E-state index < -0.39 is 6.10 Å². The van der Waals surface area contributed by atoms with Gasteiger partial charge in [-0.3, -0.25) is 14.4 Å². The van der Waals surface area contributed by atoms with Crippen LogP contribution in [-0.4, -0.2) is 37.2 Å². The van der Waals surface area contributed by atoms with Crippen molar-refractivity contribution in [3.05, 3.63) is 60.8 Å². The highest BCUT2D eigenvalue weighted by Gasteiger charge is 2.19. The molecule has 6 nitrogen and oxygen atoms in total. The number of esters is 3. The minimum atomic E-state index is -0.799. The number of unbranched alkanes of at least 4 members (excludes halogenated alkanes) is 28. The Labute approximate surface area is 396 Å². The molecule has 0 radical (unpaired) electrons. The number of hydrogen-bond donors (Lipinski definition) is 0. The maximum Gasteiger partial charge on any atom is 0.306 e.